The summed E-state index contributed by atoms with van der Waals surface area (Å²) in [6, 6.07) is 5.74. The fourth-order valence-corrected chi connectivity index (χ4v) is 5.29. The van der Waals surface area contributed by atoms with Gasteiger partial charge in [-0.1, -0.05) is 35.1 Å². The Hall–Kier alpha value is -1.90. The number of benzene rings is 1. The van der Waals surface area contributed by atoms with Crippen molar-refractivity contribution in [2.45, 2.75) is 25.8 Å². The Morgan fingerprint density at radius 3 is 2.57 bits per heavy atom. The second-order valence-electron chi connectivity index (χ2n) is 6.59. The number of hydrogen-bond acceptors (Lipinski definition) is 6. The molecule has 1 aromatic heterocycles. The van der Waals surface area contributed by atoms with Crippen molar-refractivity contribution in [3.8, 4) is 0 Å². The number of carbonyl (C=O) groups excluding carboxylic acids is 2. The maximum absolute atomic E-state index is 13.1. The minimum atomic E-state index is -0.372. The average Bonchev–Trinajstić information content (AvgIpc) is 3.19. The Balaban J connectivity index is 1.52. The highest BCUT2D eigenvalue weighted by Gasteiger charge is 2.35. The van der Waals surface area contributed by atoms with Gasteiger partial charge in [-0.05, 0) is 54.8 Å². The van der Waals surface area contributed by atoms with E-state index in [1.807, 2.05) is 0 Å². The normalized spacial score (nSPS) is 19.1. The third kappa shape index (κ3) is 4.09. The first-order chi connectivity index (χ1) is 13.5. The number of aromatic nitrogens is 1. The molecule has 2 aliphatic rings. The van der Waals surface area contributed by atoms with E-state index >= 15 is 0 Å². The summed E-state index contributed by atoms with van der Waals surface area (Å²) >= 11 is 8.60. The van der Waals surface area contributed by atoms with Crippen LogP contribution in [0, 0.1) is 5.82 Å². The first-order valence-corrected chi connectivity index (χ1v) is 10.9. The van der Waals surface area contributed by atoms with E-state index in [4.69, 9.17) is 11.6 Å². The van der Waals surface area contributed by atoms with Gasteiger partial charge in [0.2, 0.25) is 0 Å². The zero-order valence-electron chi connectivity index (χ0n) is 14.9. The Kier molecular flexibility index (Phi) is 5.70. The molecule has 2 aromatic rings. The van der Waals surface area contributed by atoms with Crippen LogP contribution in [-0.2, 0) is 11.3 Å². The second-order valence-corrected chi connectivity index (χ2v) is 8.95. The summed E-state index contributed by atoms with van der Waals surface area (Å²) in [6.07, 6.45) is 5.14. The van der Waals surface area contributed by atoms with Crippen LogP contribution in [0.25, 0.3) is 6.08 Å². The van der Waals surface area contributed by atoms with Gasteiger partial charge >= 0.3 is 0 Å². The van der Waals surface area contributed by atoms with Crippen LogP contribution in [0.3, 0.4) is 0 Å². The summed E-state index contributed by atoms with van der Waals surface area (Å²) in [5.41, 5.74) is 0.688. The molecule has 0 atom stereocenters. The van der Waals surface area contributed by atoms with Gasteiger partial charge in [0.25, 0.3) is 11.1 Å². The number of anilines is 1. The van der Waals surface area contributed by atoms with Crippen LogP contribution in [0.1, 0.15) is 29.7 Å². The molecule has 0 spiro atoms. The van der Waals surface area contributed by atoms with Crippen LogP contribution in [0.2, 0.25) is 5.15 Å². The molecule has 2 amide bonds. The average molecular weight is 438 g/mol. The molecule has 0 N–H and O–H groups in total. The minimum Gasteiger partial charge on any atom is -0.348 e. The van der Waals surface area contributed by atoms with Crippen molar-refractivity contribution in [3.05, 3.63) is 50.6 Å². The summed E-state index contributed by atoms with van der Waals surface area (Å²) in [6.45, 7) is 2.02. The van der Waals surface area contributed by atoms with E-state index in [9.17, 15) is 14.0 Å². The van der Waals surface area contributed by atoms with Gasteiger partial charge in [0.05, 0.1) is 16.3 Å². The van der Waals surface area contributed by atoms with Gasteiger partial charge in [-0.3, -0.25) is 14.5 Å². The van der Waals surface area contributed by atoms with Gasteiger partial charge in [0.1, 0.15) is 11.0 Å². The van der Waals surface area contributed by atoms with Crippen molar-refractivity contribution >= 4 is 57.1 Å². The van der Waals surface area contributed by atoms with Gasteiger partial charge in [-0.2, -0.15) is 0 Å². The molecule has 0 unspecified atom stereocenters. The van der Waals surface area contributed by atoms with E-state index < -0.39 is 0 Å². The SMILES string of the molecule is O=C1S/C(=C\c2sc(N3CCCCC3)nc2Cl)C(=O)N1Cc1ccc(F)cc1. The van der Waals surface area contributed by atoms with Crippen LogP contribution >= 0.6 is 34.7 Å². The molecule has 2 fully saturated rings. The summed E-state index contributed by atoms with van der Waals surface area (Å²) in [5, 5.41) is 0.842. The summed E-state index contributed by atoms with van der Waals surface area (Å²) in [4.78, 5) is 33.8. The van der Waals surface area contributed by atoms with Crippen molar-refractivity contribution in [1.29, 1.82) is 0 Å². The van der Waals surface area contributed by atoms with Gasteiger partial charge in [0.15, 0.2) is 5.13 Å². The lowest BCUT2D eigenvalue weighted by Gasteiger charge is -2.25. The number of imide groups is 1. The summed E-state index contributed by atoms with van der Waals surface area (Å²) < 4.78 is 13.1. The molecule has 0 saturated carbocycles. The number of carbonyl (C=O) groups is 2. The monoisotopic (exact) mass is 437 g/mol. The van der Waals surface area contributed by atoms with E-state index in [0.717, 1.165) is 47.7 Å². The molecular formula is C19H17ClFN3O2S2. The number of rotatable bonds is 4. The lowest BCUT2D eigenvalue weighted by molar-refractivity contribution is -0.123. The zero-order chi connectivity index (χ0) is 19.7. The number of nitrogens with zero attached hydrogens (tertiary/aromatic N) is 3. The van der Waals surface area contributed by atoms with Crippen molar-refractivity contribution in [3.63, 3.8) is 0 Å². The third-order valence-electron chi connectivity index (χ3n) is 4.61. The van der Waals surface area contributed by atoms with Crippen molar-refractivity contribution < 1.29 is 14.0 Å². The topological polar surface area (TPSA) is 53.5 Å². The van der Waals surface area contributed by atoms with Crippen LogP contribution in [0.5, 0.6) is 0 Å². The predicted molar refractivity (Wildman–Crippen MR) is 111 cm³/mol. The standard InChI is InChI=1S/C19H17ClFN3O2S2/c20-16-14(27-18(22-16)23-8-2-1-3-9-23)10-15-17(25)24(19(26)28-15)11-12-4-6-13(21)7-5-12/h4-7,10H,1-3,8-9,11H2/b15-10-. The number of thiazole rings is 1. The Morgan fingerprint density at radius 1 is 1.14 bits per heavy atom. The van der Waals surface area contributed by atoms with Gasteiger partial charge in [0, 0.05) is 13.1 Å². The molecule has 3 heterocycles. The van der Waals surface area contributed by atoms with Crippen molar-refractivity contribution in [2.24, 2.45) is 0 Å². The largest absolute Gasteiger partial charge is 0.348 e. The number of halogens is 2. The van der Waals surface area contributed by atoms with Crippen LogP contribution < -0.4 is 4.90 Å². The molecule has 0 radical (unpaired) electrons. The minimum absolute atomic E-state index is 0.109. The fraction of sp³-hybridized carbons (Fsp3) is 0.316. The first-order valence-electron chi connectivity index (χ1n) is 8.92. The van der Waals surface area contributed by atoms with Crippen LogP contribution in [0.4, 0.5) is 14.3 Å². The zero-order valence-corrected chi connectivity index (χ0v) is 17.2. The Bertz CT molecular complexity index is 939. The molecule has 0 bridgehead atoms. The Morgan fingerprint density at radius 2 is 1.86 bits per heavy atom. The number of thioether (sulfide) groups is 1. The molecule has 5 nitrogen and oxygen atoms in total. The lowest BCUT2D eigenvalue weighted by atomic mass is 10.1. The predicted octanol–water partition coefficient (Wildman–Crippen LogP) is 5.16. The fourth-order valence-electron chi connectivity index (χ4n) is 3.14. The first kappa shape index (κ1) is 19.4. The molecule has 28 heavy (non-hydrogen) atoms. The summed E-state index contributed by atoms with van der Waals surface area (Å²) in [7, 11) is 0. The number of piperidine rings is 1. The van der Waals surface area contributed by atoms with E-state index in [1.54, 1.807) is 18.2 Å². The number of hydrogen-bond donors (Lipinski definition) is 0. The highest BCUT2D eigenvalue weighted by Crippen LogP contribution is 2.38. The van der Waals surface area contributed by atoms with E-state index in [1.165, 1.54) is 29.9 Å². The summed E-state index contributed by atoms with van der Waals surface area (Å²) in [5.74, 6) is -0.731. The van der Waals surface area contributed by atoms with E-state index in [0.29, 0.717) is 20.5 Å². The molecule has 9 heteroatoms. The highest BCUT2D eigenvalue weighted by atomic mass is 35.5. The third-order valence-corrected chi connectivity index (χ3v) is 6.99. The van der Waals surface area contributed by atoms with Crippen LogP contribution in [0.15, 0.2) is 29.2 Å². The van der Waals surface area contributed by atoms with E-state index in [2.05, 4.69) is 9.88 Å². The smallest absolute Gasteiger partial charge is 0.293 e. The van der Waals surface area contributed by atoms with E-state index in [-0.39, 0.29) is 23.5 Å². The Labute approximate surface area is 175 Å². The van der Waals surface area contributed by atoms with Crippen molar-refractivity contribution in [1.82, 2.24) is 9.88 Å². The molecule has 2 aliphatic heterocycles. The highest BCUT2D eigenvalue weighted by molar-refractivity contribution is 8.18. The molecule has 146 valence electrons. The molecule has 1 aromatic carbocycles. The molecule has 2 saturated heterocycles. The van der Waals surface area contributed by atoms with Crippen LogP contribution in [-0.4, -0.2) is 34.1 Å². The number of amides is 2. The second kappa shape index (κ2) is 8.23. The van der Waals surface area contributed by atoms with Gasteiger partial charge in [-0.25, -0.2) is 9.37 Å². The van der Waals surface area contributed by atoms with Gasteiger partial charge < -0.3 is 4.90 Å². The maximum Gasteiger partial charge on any atom is 0.293 e. The quantitative estimate of drug-likeness (QED) is 0.618. The lowest BCUT2D eigenvalue weighted by Crippen LogP contribution is -2.29. The van der Waals surface area contributed by atoms with Crippen molar-refractivity contribution in [2.75, 3.05) is 18.0 Å². The van der Waals surface area contributed by atoms with Gasteiger partial charge in [-0.15, -0.1) is 0 Å². The maximum atomic E-state index is 13.1. The molecule has 4 rings (SSSR count). The molecular weight excluding hydrogens is 421 g/mol. The molecule has 0 aliphatic carbocycles.